The Balaban J connectivity index is 2.07. The van der Waals surface area contributed by atoms with Crippen molar-refractivity contribution in [2.45, 2.75) is 6.17 Å². The number of nitrogens with one attached hydrogen (secondary N) is 1. The van der Waals surface area contributed by atoms with Crippen LogP contribution in [0.3, 0.4) is 0 Å². The minimum Gasteiger partial charge on any atom is -0.496 e. The van der Waals surface area contributed by atoms with Gasteiger partial charge >= 0.3 is 0 Å². The predicted octanol–water partition coefficient (Wildman–Crippen LogP) is 2.57. The van der Waals surface area contributed by atoms with Crippen LogP contribution >= 0.6 is 0 Å². The number of ether oxygens (including phenoxy) is 1. The molecule has 20 heavy (non-hydrogen) atoms. The highest BCUT2D eigenvalue weighted by Crippen LogP contribution is 2.34. The number of para-hydroxylation sites is 2. The molecule has 0 bridgehead atoms. The van der Waals surface area contributed by atoms with Gasteiger partial charge in [-0.1, -0.05) is 30.3 Å². The molecule has 0 aliphatic carbocycles. The monoisotopic (exact) mass is 268 g/mol. The highest BCUT2D eigenvalue weighted by atomic mass is 16.5. The van der Waals surface area contributed by atoms with Crippen LogP contribution in [0.25, 0.3) is 0 Å². The molecule has 1 N–H and O–H groups in total. The number of nitrogens with zero attached hydrogens (tertiary/aromatic N) is 1. The van der Waals surface area contributed by atoms with Crippen LogP contribution in [-0.4, -0.2) is 20.1 Å². The summed E-state index contributed by atoms with van der Waals surface area (Å²) in [5, 5.41) is 3.02. The lowest BCUT2D eigenvalue weighted by Gasteiger charge is -2.36. The highest BCUT2D eigenvalue weighted by Gasteiger charge is 2.30. The molecule has 0 spiro atoms. The van der Waals surface area contributed by atoms with Gasteiger partial charge < -0.3 is 15.0 Å². The van der Waals surface area contributed by atoms with Crippen LogP contribution in [0.4, 0.5) is 5.69 Å². The average molecular weight is 268 g/mol. The molecule has 0 aromatic heterocycles. The zero-order chi connectivity index (χ0) is 14.1. The quantitative estimate of drug-likeness (QED) is 0.910. The number of anilines is 1. The number of carbonyl (C=O) groups excluding carboxylic acids is 1. The summed E-state index contributed by atoms with van der Waals surface area (Å²) < 4.78 is 5.39. The number of hydrogen-bond acceptors (Lipinski definition) is 3. The molecular weight excluding hydrogens is 252 g/mol. The van der Waals surface area contributed by atoms with Crippen molar-refractivity contribution in [1.82, 2.24) is 5.32 Å². The van der Waals surface area contributed by atoms with Gasteiger partial charge in [-0.2, -0.15) is 0 Å². The molecule has 0 fully saturated rings. The molecule has 2 aromatic rings. The molecule has 1 aliphatic heterocycles. The summed E-state index contributed by atoms with van der Waals surface area (Å²) in [5.74, 6) is 0.707. The topological polar surface area (TPSA) is 41.6 Å². The first kappa shape index (κ1) is 12.5. The summed E-state index contributed by atoms with van der Waals surface area (Å²) in [7, 11) is 3.60. The maximum atomic E-state index is 12.2. The normalized spacial score (nSPS) is 17.4. The smallest absolute Gasteiger partial charge is 0.255 e. The van der Waals surface area contributed by atoms with Crippen LogP contribution in [0.5, 0.6) is 5.75 Å². The van der Waals surface area contributed by atoms with Crippen LogP contribution in [0.1, 0.15) is 22.1 Å². The standard InChI is InChI=1S/C16H16N2O2/c1-18-13-9-5-3-7-11(13)16(19)17-15(18)12-8-4-6-10-14(12)20-2/h3-10,15H,1-2H3,(H,17,19)/t15-/m1/s1. The second-order valence-electron chi connectivity index (χ2n) is 4.75. The minimum absolute atomic E-state index is 0.0605. The molecule has 4 nitrogen and oxygen atoms in total. The van der Waals surface area contributed by atoms with E-state index in [-0.39, 0.29) is 12.1 Å². The van der Waals surface area contributed by atoms with Gasteiger partial charge in [0.25, 0.3) is 5.91 Å². The summed E-state index contributed by atoms with van der Waals surface area (Å²) in [5.41, 5.74) is 2.56. The molecule has 3 rings (SSSR count). The summed E-state index contributed by atoms with van der Waals surface area (Å²) in [6.45, 7) is 0. The van der Waals surface area contributed by atoms with Crippen LogP contribution in [-0.2, 0) is 0 Å². The molecular formula is C16H16N2O2. The summed E-state index contributed by atoms with van der Waals surface area (Å²) in [6, 6.07) is 15.3. The third kappa shape index (κ3) is 1.90. The van der Waals surface area contributed by atoms with E-state index in [0.29, 0.717) is 5.56 Å². The van der Waals surface area contributed by atoms with E-state index in [4.69, 9.17) is 4.74 Å². The molecule has 102 valence electrons. The minimum atomic E-state index is -0.228. The van der Waals surface area contributed by atoms with Crippen LogP contribution in [0, 0.1) is 0 Å². The van der Waals surface area contributed by atoms with Crippen molar-refractivity contribution in [3.8, 4) is 5.75 Å². The first-order valence-corrected chi connectivity index (χ1v) is 6.48. The first-order valence-electron chi connectivity index (χ1n) is 6.48. The third-order valence-corrected chi connectivity index (χ3v) is 3.62. The zero-order valence-electron chi connectivity index (χ0n) is 11.5. The van der Waals surface area contributed by atoms with Gasteiger partial charge in [0.05, 0.1) is 18.4 Å². The second-order valence-corrected chi connectivity index (χ2v) is 4.75. The molecule has 4 heteroatoms. The molecule has 1 aliphatic rings. The number of benzene rings is 2. The molecule has 1 atom stereocenters. The van der Waals surface area contributed by atoms with Crippen LogP contribution in [0.15, 0.2) is 48.5 Å². The number of hydrogen-bond donors (Lipinski definition) is 1. The first-order chi connectivity index (χ1) is 9.72. The van der Waals surface area contributed by atoms with E-state index < -0.39 is 0 Å². The Morgan fingerprint density at radius 1 is 1.10 bits per heavy atom. The number of carbonyl (C=O) groups is 1. The number of amides is 1. The lowest BCUT2D eigenvalue weighted by Crippen LogP contribution is -2.44. The van der Waals surface area contributed by atoms with Crippen molar-refractivity contribution < 1.29 is 9.53 Å². The van der Waals surface area contributed by atoms with Gasteiger partial charge in [-0.3, -0.25) is 4.79 Å². The fourth-order valence-corrected chi connectivity index (χ4v) is 2.59. The molecule has 0 unspecified atom stereocenters. The van der Waals surface area contributed by atoms with E-state index in [2.05, 4.69) is 10.2 Å². The van der Waals surface area contributed by atoms with E-state index in [0.717, 1.165) is 17.0 Å². The summed E-state index contributed by atoms with van der Waals surface area (Å²) in [4.78, 5) is 14.3. The van der Waals surface area contributed by atoms with Crippen LogP contribution < -0.4 is 15.0 Å². The molecule has 0 radical (unpaired) electrons. The average Bonchev–Trinajstić information content (AvgIpc) is 2.51. The van der Waals surface area contributed by atoms with Crippen molar-refractivity contribution in [2.24, 2.45) is 0 Å². The van der Waals surface area contributed by atoms with Crippen molar-refractivity contribution >= 4 is 11.6 Å². The number of fused-ring (bicyclic) bond motifs is 1. The van der Waals surface area contributed by atoms with Crippen molar-refractivity contribution in [3.63, 3.8) is 0 Å². The summed E-state index contributed by atoms with van der Waals surface area (Å²) in [6.07, 6.45) is -0.228. The predicted molar refractivity (Wildman–Crippen MR) is 78.0 cm³/mol. The van der Waals surface area contributed by atoms with Crippen molar-refractivity contribution in [2.75, 3.05) is 19.1 Å². The Morgan fingerprint density at radius 3 is 2.60 bits per heavy atom. The highest BCUT2D eigenvalue weighted by molar-refractivity contribution is 6.02. The summed E-state index contributed by atoms with van der Waals surface area (Å²) >= 11 is 0. The van der Waals surface area contributed by atoms with Crippen molar-refractivity contribution in [1.29, 1.82) is 0 Å². The van der Waals surface area contributed by atoms with Gasteiger partial charge in [0.15, 0.2) is 0 Å². The maximum Gasteiger partial charge on any atom is 0.255 e. The Kier molecular flexibility index (Phi) is 3.06. The van der Waals surface area contributed by atoms with E-state index in [1.54, 1.807) is 7.11 Å². The largest absolute Gasteiger partial charge is 0.496 e. The van der Waals surface area contributed by atoms with E-state index >= 15 is 0 Å². The zero-order valence-corrected chi connectivity index (χ0v) is 11.5. The number of methoxy groups -OCH3 is 1. The van der Waals surface area contributed by atoms with Gasteiger partial charge in [0.2, 0.25) is 0 Å². The molecule has 1 amide bonds. The molecule has 0 saturated heterocycles. The SMILES string of the molecule is COc1ccccc1[C@@H]1NC(=O)c2ccccc2N1C. The van der Waals surface area contributed by atoms with Gasteiger partial charge in [-0.05, 0) is 18.2 Å². The Hall–Kier alpha value is -2.49. The Bertz CT molecular complexity index is 654. The van der Waals surface area contributed by atoms with Gasteiger partial charge in [0.1, 0.15) is 11.9 Å². The molecule has 1 heterocycles. The van der Waals surface area contributed by atoms with Gasteiger partial charge in [0, 0.05) is 12.6 Å². The van der Waals surface area contributed by atoms with Crippen LogP contribution in [0.2, 0.25) is 0 Å². The maximum absolute atomic E-state index is 12.2. The van der Waals surface area contributed by atoms with Crippen molar-refractivity contribution in [3.05, 3.63) is 59.7 Å². The molecule has 0 saturated carbocycles. The molecule has 2 aromatic carbocycles. The fourth-order valence-electron chi connectivity index (χ4n) is 2.59. The Morgan fingerprint density at radius 2 is 1.80 bits per heavy atom. The van der Waals surface area contributed by atoms with E-state index in [9.17, 15) is 4.79 Å². The van der Waals surface area contributed by atoms with Gasteiger partial charge in [-0.15, -0.1) is 0 Å². The lowest BCUT2D eigenvalue weighted by atomic mass is 10.0. The van der Waals surface area contributed by atoms with E-state index in [1.165, 1.54) is 0 Å². The Labute approximate surface area is 118 Å². The van der Waals surface area contributed by atoms with E-state index in [1.807, 2.05) is 55.6 Å². The van der Waals surface area contributed by atoms with Gasteiger partial charge in [-0.25, -0.2) is 0 Å². The number of rotatable bonds is 2. The second kappa shape index (κ2) is 4.89. The lowest BCUT2D eigenvalue weighted by molar-refractivity contribution is 0.0927. The third-order valence-electron chi connectivity index (χ3n) is 3.62. The fraction of sp³-hybridized carbons (Fsp3) is 0.188.